The van der Waals surface area contributed by atoms with Crippen LogP contribution in [0.25, 0.3) is 16.3 Å². The molecule has 0 aliphatic heterocycles. The van der Waals surface area contributed by atoms with Gasteiger partial charge in [0.25, 0.3) is 0 Å². The monoisotopic (exact) mass is 421 g/mol. The number of nitrogens with two attached hydrogens (primary N) is 1. The average molecular weight is 421 g/mol. The van der Waals surface area contributed by atoms with Crippen LogP contribution in [0.15, 0.2) is 54.0 Å². The van der Waals surface area contributed by atoms with Crippen molar-refractivity contribution in [3.63, 3.8) is 0 Å². The number of para-hydroxylation sites is 1. The second-order valence-corrected chi connectivity index (χ2v) is 7.48. The van der Waals surface area contributed by atoms with Gasteiger partial charge >= 0.3 is 5.97 Å². The Morgan fingerprint density at radius 2 is 1.93 bits per heavy atom. The van der Waals surface area contributed by atoms with Crippen molar-refractivity contribution in [3.8, 4) is 16.3 Å². The van der Waals surface area contributed by atoms with Gasteiger partial charge in [0.1, 0.15) is 11.3 Å². The molecule has 0 fully saturated rings. The molecule has 0 bridgehead atoms. The lowest BCUT2D eigenvalue weighted by Gasteiger charge is -2.11. The van der Waals surface area contributed by atoms with Gasteiger partial charge in [-0.2, -0.15) is 20.1 Å². The molecule has 0 spiro atoms. The van der Waals surface area contributed by atoms with Gasteiger partial charge in [0.05, 0.1) is 10.6 Å². The van der Waals surface area contributed by atoms with E-state index in [1.54, 1.807) is 29.9 Å². The van der Waals surface area contributed by atoms with Crippen molar-refractivity contribution in [2.75, 3.05) is 24.7 Å². The van der Waals surface area contributed by atoms with E-state index in [1.807, 2.05) is 47.8 Å². The molecule has 0 atom stereocenters. The molecule has 152 valence electrons. The first-order chi connectivity index (χ1) is 14.5. The fourth-order valence-corrected chi connectivity index (χ4v) is 3.45. The molecule has 0 saturated carbocycles. The van der Waals surface area contributed by atoms with Crippen molar-refractivity contribution in [2.45, 2.75) is 6.61 Å². The van der Waals surface area contributed by atoms with Crippen LogP contribution in [-0.4, -0.2) is 44.8 Å². The Morgan fingerprint density at radius 1 is 1.13 bits per heavy atom. The van der Waals surface area contributed by atoms with Gasteiger partial charge in [-0.15, -0.1) is 11.3 Å². The van der Waals surface area contributed by atoms with Crippen LogP contribution in [0, 0.1) is 0 Å². The number of anilines is 2. The summed E-state index contributed by atoms with van der Waals surface area (Å²) in [6.07, 6.45) is 1.67. The number of benzene rings is 1. The van der Waals surface area contributed by atoms with Gasteiger partial charge in [-0.3, -0.25) is 0 Å². The maximum atomic E-state index is 12.9. The maximum Gasteiger partial charge on any atom is 0.342 e. The third kappa shape index (κ3) is 4.13. The molecule has 0 aliphatic carbocycles. The van der Waals surface area contributed by atoms with E-state index in [9.17, 15) is 4.79 Å². The number of nitrogen functional groups attached to an aromatic ring is 1. The van der Waals surface area contributed by atoms with E-state index in [1.165, 1.54) is 11.3 Å². The zero-order chi connectivity index (χ0) is 21.1. The highest BCUT2D eigenvalue weighted by Crippen LogP contribution is 2.28. The summed E-state index contributed by atoms with van der Waals surface area (Å²) in [5, 5.41) is 6.54. The summed E-state index contributed by atoms with van der Waals surface area (Å²) in [7, 11) is 3.58. The number of carbonyl (C=O) groups excluding carboxylic acids is 1. The molecule has 0 unspecified atom stereocenters. The molecule has 0 amide bonds. The number of nitrogens with zero attached hydrogens (tertiary/aromatic N) is 6. The van der Waals surface area contributed by atoms with Crippen molar-refractivity contribution >= 4 is 29.2 Å². The van der Waals surface area contributed by atoms with Gasteiger partial charge in [-0.05, 0) is 23.6 Å². The van der Waals surface area contributed by atoms with Crippen molar-refractivity contribution in [1.82, 2.24) is 24.7 Å². The number of rotatable bonds is 6. The summed E-state index contributed by atoms with van der Waals surface area (Å²) in [6, 6.07) is 13.4. The highest BCUT2D eigenvalue weighted by molar-refractivity contribution is 7.13. The molecular formula is C20H19N7O2S. The molecule has 0 saturated heterocycles. The normalized spacial score (nSPS) is 10.7. The van der Waals surface area contributed by atoms with E-state index in [-0.39, 0.29) is 18.4 Å². The highest BCUT2D eigenvalue weighted by atomic mass is 32.1. The number of hydrogen-bond acceptors (Lipinski definition) is 9. The molecule has 1 aromatic carbocycles. The number of aromatic nitrogens is 5. The predicted molar refractivity (Wildman–Crippen MR) is 115 cm³/mol. The number of esters is 1. The molecule has 2 N–H and O–H groups in total. The second kappa shape index (κ2) is 8.29. The van der Waals surface area contributed by atoms with E-state index in [2.05, 4.69) is 20.1 Å². The summed E-state index contributed by atoms with van der Waals surface area (Å²) < 4.78 is 7.14. The van der Waals surface area contributed by atoms with Crippen LogP contribution in [-0.2, 0) is 11.3 Å². The van der Waals surface area contributed by atoms with Gasteiger partial charge < -0.3 is 15.4 Å². The van der Waals surface area contributed by atoms with Crippen molar-refractivity contribution < 1.29 is 9.53 Å². The average Bonchev–Trinajstić information content (AvgIpc) is 3.42. The maximum absolute atomic E-state index is 12.9. The third-order valence-corrected chi connectivity index (χ3v) is 5.01. The van der Waals surface area contributed by atoms with E-state index in [0.29, 0.717) is 17.2 Å². The van der Waals surface area contributed by atoms with E-state index >= 15 is 0 Å². The number of carbonyl (C=O) groups is 1. The molecule has 0 aliphatic rings. The van der Waals surface area contributed by atoms with E-state index in [0.717, 1.165) is 10.6 Å². The minimum Gasteiger partial charge on any atom is -0.454 e. The third-order valence-electron chi connectivity index (χ3n) is 4.13. The molecule has 4 aromatic rings. The fraction of sp³-hybridized carbons (Fsp3) is 0.150. The van der Waals surface area contributed by atoms with Crippen LogP contribution in [0.5, 0.6) is 0 Å². The first-order valence-corrected chi connectivity index (χ1v) is 9.93. The zero-order valence-electron chi connectivity index (χ0n) is 16.4. The van der Waals surface area contributed by atoms with Crippen molar-refractivity contribution in [1.29, 1.82) is 0 Å². The molecule has 30 heavy (non-hydrogen) atoms. The summed E-state index contributed by atoms with van der Waals surface area (Å²) in [6.45, 7) is -0.132. The Hall–Kier alpha value is -3.79. The first kappa shape index (κ1) is 19.5. The van der Waals surface area contributed by atoms with Crippen LogP contribution < -0.4 is 10.6 Å². The largest absolute Gasteiger partial charge is 0.454 e. The smallest absolute Gasteiger partial charge is 0.342 e. The van der Waals surface area contributed by atoms with Crippen LogP contribution >= 0.6 is 11.3 Å². The Morgan fingerprint density at radius 3 is 2.63 bits per heavy atom. The lowest BCUT2D eigenvalue weighted by molar-refractivity contribution is 0.0463. The Labute approximate surface area is 176 Å². The topological polar surface area (TPSA) is 112 Å². The molecule has 10 heteroatoms. The van der Waals surface area contributed by atoms with Crippen LogP contribution in [0.2, 0.25) is 0 Å². The minimum atomic E-state index is -0.522. The molecule has 3 aromatic heterocycles. The highest BCUT2D eigenvalue weighted by Gasteiger charge is 2.21. The summed E-state index contributed by atoms with van der Waals surface area (Å²) in [5.41, 5.74) is 7.49. The zero-order valence-corrected chi connectivity index (χ0v) is 17.2. The van der Waals surface area contributed by atoms with Gasteiger partial charge in [0.2, 0.25) is 11.9 Å². The SMILES string of the molecule is CN(C)c1nc(N)nc(COC(=O)c2cn(-c3ccccc3)nc2-c2cccs2)n1. The van der Waals surface area contributed by atoms with Gasteiger partial charge in [-0.25, -0.2) is 9.48 Å². The summed E-state index contributed by atoms with van der Waals surface area (Å²) >= 11 is 1.50. The van der Waals surface area contributed by atoms with E-state index < -0.39 is 5.97 Å². The number of hydrogen-bond donors (Lipinski definition) is 1. The van der Waals surface area contributed by atoms with Crippen LogP contribution in [0.1, 0.15) is 16.2 Å². The number of ether oxygens (including phenoxy) is 1. The second-order valence-electron chi connectivity index (χ2n) is 6.53. The van der Waals surface area contributed by atoms with Gasteiger partial charge in [-0.1, -0.05) is 24.3 Å². The van der Waals surface area contributed by atoms with E-state index in [4.69, 9.17) is 10.5 Å². The summed E-state index contributed by atoms with van der Waals surface area (Å²) in [5.74, 6) is 0.208. The molecule has 0 radical (unpaired) electrons. The Kier molecular flexibility index (Phi) is 5.40. The van der Waals surface area contributed by atoms with Gasteiger partial charge in [0, 0.05) is 20.3 Å². The standard InChI is InChI=1S/C20H19N7O2S/c1-26(2)20-23-16(22-19(21)24-20)12-29-18(28)14-11-27(13-7-4-3-5-8-13)25-17(14)15-9-6-10-30-15/h3-11H,12H2,1-2H3,(H2,21,22,23,24). The lowest BCUT2D eigenvalue weighted by atomic mass is 10.2. The van der Waals surface area contributed by atoms with Crippen LogP contribution in [0.4, 0.5) is 11.9 Å². The molecule has 9 nitrogen and oxygen atoms in total. The quantitative estimate of drug-likeness (QED) is 0.473. The first-order valence-electron chi connectivity index (χ1n) is 9.05. The summed E-state index contributed by atoms with van der Waals surface area (Å²) in [4.78, 5) is 27.8. The fourth-order valence-electron chi connectivity index (χ4n) is 2.73. The molecular weight excluding hydrogens is 402 g/mol. The molecule has 3 heterocycles. The van der Waals surface area contributed by atoms with Crippen LogP contribution in [0.3, 0.4) is 0 Å². The Bertz CT molecular complexity index is 1160. The molecule has 4 rings (SSSR count). The van der Waals surface area contributed by atoms with Crippen molar-refractivity contribution in [3.05, 3.63) is 65.4 Å². The minimum absolute atomic E-state index is 0.0657. The predicted octanol–water partition coefficient (Wildman–Crippen LogP) is 2.79. The van der Waals surface area contributed by atoms with Crippen molar-refractivity contribution in [2.24, 2.45) is 0 Å². The van der Waals surface area contributed by atoms with Gasteiger partial charge in [0.15, 0.2) is 12.4 Å². The lowest BCUT2D eigenvalue weighted by Crippen LogP contribution is -2.17. The number of thiophene rings is 1. The Balaban J connectivity index is 1.61.